The Bertz CT molecular complexity index is 296. The van der Waals surface area contributed by atoms with Crippen LogP contribution in [0.5, 0.6) is 0 Å². The van der Waals surface area contributed by atoms with Crippen LogP contribution in [-0.2, 0) is 9.59 Å². The summed E-state index contributed by atoms with van der Waals surface area (Å²) in [6, 6.07) is -0.495. The molecule has 5 nitrogen and oxygen atoms in total. The molecule has 1 rings (SSSR count). The van der Waals surface area contributed by atoms with Gasteiger partial charge >= 0.3 is 5.97 Å². The third-order valence-corrected chi connectivity index (χ3v) is 2.77. The van der Waals surface area contributed by atoms with Crippen LogP contribution in [-0.4, -0.2) is 46.1 Å². The lowest BCUT2D eigenvalue weighted by molar-refractivity contribution is -0.145. The Kier molecular flexibility index (Phi) is 3.57. The number of nitrogens with one attached hydrogen (secondary N) is 1. The van der Waals surface area contributed by atoms with Crippen LogP contribution in [0.2, 0.25) is 0 Å². The van der Waals surface area contributed by atoms with Crippen LogP contribution in [0.1, 0.15) is 34.1 Å². The van der Waals surface area contributed by atoms with E-state index in [1.54, 1.807) is 0 Å². The van der Waals surface area contributed by atoms with Crippen LogP contribution in [0.3, 0.4) is 0 Å². The number of carbonyl (C=O) groups is 2. The minimum atomic E-state index is -0.941. The lowest BCUT2D eigenvalue weighted by Crippen LogP contribution is -2.64. The maximum Gasteiger partial charge on any atom is 0.305 e. The first kappa shape index (κ1) is 13.0. The molecule has 0 aromatic rings. The highest BCUT2D eigenvalue weighted by Gasteiger charge is 2.39. The second-order valence-electron chi connectivity index (χ2n) is 5.35. The molecule has 2 unspecified atom stereocenters. The first-order valence-corrected chi connectivity index (χ1v) is 5.50. The summed E-state index contributed by atoms with van der Waals surface area (Å²) in [5, 5.41) is 11.6. The van der Waals surface area contributed by atoms with Gasteiger partial charge in [-0.05, 0) is 27.7 Å². The summed E-state index contributed by atoms with van der Waals surface area (Å²) in [4.78, 5) is 24.5. The number of carboxylic acids is 1. The Hall–Kier alpha value is -1.10. The van der Waals surface area contributed by atoms with E-state index in [4.69, 9.17) is 5.11 Å². The smallest absolute Gasteiger partial charge is 0.305 e. The molecular weight excluding hydrogens is 208 g/mol. The number of carbonyl (C=O) groups excluding carboxylic acids is 1. The van der Waals surface area contributed by atoms with E-state index in [-0.39, 0.29) is 23.9 Å². The van der Waals surface area contributed by atoms with Crippen molar-refractivity contribution in [2.45, 2.75) is 51.7 Å². The molecular formula is C11H20N2O3. The van der Waals surface area contributed by atoms with Gasteiger partial charge in [-0.3, -0.25) is 14.5 Å². The lowest BCUT2D eigenvalue weighted by Gasteiger charge is -2.45. The van der Waals surface area contributed by atoms with Crippen LogP contribution >= 0.6 is 0 Å². The van der Waals surface area contributed by atoms with E-state index in [0.717, 1.165) is 0 Å². The Morgan fingerprint density at radius 3 is 2.56 bits per heavy atom. The Morgan fingerprint density at radius 2 is 2.12 bits per heavy atom. The van der Waals surface area contributed by atoms with Crippen molar-refractivity contribution in [2.24, 2.45) is 0 Å². The molecule has 0 saturated carbocycles. The first-order chi connectivity index (χ1) is 7.21. The number of rotatable bonds is 2. The number of carboxylic acid groups (broad SMARTS) is 1. The van der Waals surface area contributed by atoms with Crippen LogP contribution in [0.4, 0.5) is 0 Å². The predicted octanol–water partition coefficient (Wildman–Crippen LogP) is 0.449. The SMILES string of the molecule is CC1CN(C(C)(C)C)C(CC(=O)O)C(=O)N1. The number of aliphatic carboxylic acids is 1. The average molecular weight is 228 g/mol. The molecule has 1 amide bonds. The molecule has 2 atom stereocenters. The molecule has 16 heavy (non-hydrogen) atoms. The van der Waals surface area contributed by atoms with Crippen LogP contribution < -0.4 is 5.32 Å². The largest absolute Gasteiger partial charge is 0.481 e. The lowest BCUT2D eigenvalue weighted by atomic mass is 9.96. The molecule has 0 spiro atoms. The van der Waals surface area contributed by atoms with E-state index in [0.29, 0.717) is 6.54 Å². The third kappa shape index (κ3) is 2.95. The number of nitrogens with zero attached hydrogens (tertiary/aromatic N) is 1. The molecule has 0 aromatic heterocycles. The van der Waals surface area contributed by atoms with E-state index < -0.39 is 12.0 Å². The van der Waals surface area contributed by atoms with Gasteiger partial charge in [0.25, 0.3) is 0 Å². The second-order valence-corrected chi connectivity index (χ2v) is 5.35. The molecule has 2 N–H and O–H groups in total. The van der Waals surface area contributed by atoms with Gasteiger partial charge in [0, 0.05) is 18.1 Å². The fourth-order valence-electron chi connectivity index (χ4n) is 2.06. The van der Waals surface area contributed by atoms with Crippen molar-refractivity contribution in [1.29, 1.82) is 0 Å². The molecule has 1 aliphatic heterocycles. The van der Waals surface area contributed by atoms with Gasteiger partial charge in [-0.1, -0.05) is 0 Å². The maximum absolute atomic E-state index is 11.8. The number of hydrogen-bond acceptors (Lipinski definition) is 3. The molecule has 92 valence electrons. The molecule has 1 heterocycles. The zero-order valence-corrected chi connectivity index (χ0v) is 10.3. The Balaban J connectivity index is 2.89. The highest BCUT2D eigenvalue weighted by Crippen LogP contribution is 2.22. The van der Waals surface area contributed by atoms with Gasteiger partial charge in [0.05, 0.1) is 6.42 Å². The minimum Gasteiger partial charge on any atom is -0.481 e. The third-order valence-electron chi connectivity index (χ3n) is 2.77. The molecule has 0 aromatic carbocycles. The van der Waals surface area contributed by atoms with Crippen molar-refractivity contribution in [3.63, 3.8) is 0 Å². The average Bonchev–Trinajstić information content (AvgIpc) is 2.06. The monoisotopic (exact) mass is 228 g/mol. The zero-order valence-electron chi connectivity index (χ0n) is 10.3. The molecule has 1 aliphatic rings. The molecule has 5 heteroatoms. The van der Waals surface area contributed by atoms with Gasteiger partial charge in [0.1, 0.15) is 6.04 Å². The number of piperazine rings is 1. The normalized spacial score (nSPS) is 27.6. The van der Waals surface area contributed by atoms with Crippen molar-refractivity contribution in [2.75, 3.05) is 6.54 Å². The van der Waals surface area contributed by atoms with E-state index in [1.807, 2.05) is 32.6 Å². The summed E-state index contributed by atoms with van der Waals surface area (Å²) in [5.41, 5.74) is -0.202. The van der Waals surface area contributed by atoms with Crippen molar-refractivity contribution >= 4 is 11.9 Å². The van der Waals surface area contributed by atoms with Crippen molar-refractivity contribution in [3.8, 4) is 0 Å². The number of amides is 1. The summed E-state index contributed by atoms with van der Waals surface area (Å²) >= 11 is 0. The highest BCUT2D eigenvalue weighted by molar-refractivity contribution is 5.87. The molecule has 0 radical (unpaired) electrons. The standard InChI is InChI=1S/C11H20N2O3/c1-7-6-13(11(2,3)4)8(5-9(14)15)10(16)12-7/h7-8H,5-6H2,1-4H3,(H,12,16)(H,14,15). The molecule has 0 bridgehead atoms. The zero-order chi connectivity index (χ0) is 12.5. The minimum absolute atomic E-state index is 0.0665. The van der Waals surface area contributed by atoms with E-state index in [1.165, 1.54) is 0 Å². The Morgan fingerprint density at radius 1 is 1.56 bits per heavy atom. The van der Waals surface area contributed by atoms with Crippen LogP contribution in [0.25, 0.3) is 0 Å². The van der Waals surface area contributed by atoms with E-state index in [2.05, 4.69) is 5.32 Å². The van der Waals surface area contributed by atoms with Gasteiger partial charge < -0.3 is 10.4 Å². The van der Waals surface area contributed by atoms with Gasteiger partial charge in [0.15, 0.2) is 0 Å². The fraction of sp³-hybridized carbons (Fsp3) is 0.818. The van der Waals surface area contributed by atoms with E-state index >= 15 is 0 Å². The maximum atomic E-state index is 11.8. The van der Waals surface area contributed by atoms with Crippen LogP contribution in [0, 0.1) is 0 Å². The molecule has 1 saturated heterocycles. The van der Waals surface area contributed by atoms with Gasteiger partial charge in [0.2, 0.25) is 5.91 Å². The van der Waals surface area contributed by atoms with E-state index in [9.17, 15) is 9.59 Å². The first-order valence-electron chi connectivity index (χ1n) is 5.50. The summed E-state index contributed by atoms with van der Waals surface area (Å²) in [7, 11) is 0. The summed E-state index contributed by atoms with van der Waals surface area (Å²) < 4.78 is 0. The summed E-state index contributed by atoms with van der Waals surface area (Å²) in [5.74, 6) is -1.12. The second kappa shape index (κ2) is 4.41. The number of hydrogen-bond donors (Lipinski definition) is 2. The van der Waals surface area contributed by atoms with Crippen molar-refractivity contribution in [1.82, 2.24) is 10.2 Å². The summed E-state index contributed by atoms with van der Waals surface area (Å²) in [6.07, 6.45) is -0.143. The van der Waals surface area contributed by atoms with Gasteiger partial charge in [-0.15, -0.1) is 0 Å². The predicted molar refractivity (Wildman–Crippen MR) is 60.1 cm³/mol. The van der Waals surface area contributed by atoms with Crippen LogP contribution in [0.15, 0.2) is 0 Å². The quantitative estimate of drug-likeness (QED) is 0.720. The van der Waals surface area contributed by atoms with Crippen molar-refractivity contribution in [3.05, 3.63) is 0 Å². The highest BCUT2D eigenvalue weighted by atomic mass is 16.4. The Labute approximate surface area is 95.8 Å². The molecule has 0 aliphatic carbocycles. The summed E-state index contributed by atoms with van der Waals surface area (Å²) in [6.45, 7) is 8.59. The topological polar surface area (TPSA) is 69.6 Å². The fourth-order valence-corrected chi connectivity index (χ4v) is 2.06. The van der Waals surface area contributed by atoms with Gasteiger partial charge in [-0.2, -0.15) is 0 Å². The van der Waals surface area contributed by atoms with Crippen molar-refractivity contribution < 1.29 is 14.7 Å². The van der Waals surface area contributed by atoms with Gasteiger partial charge in [-0.25, -0.2) is 0 Å². The molecule has 1 fully saturated rings.